The van der Waals surface area contributed by atoms with Crippen LogP contribution in [-0.4, -0.2) is 19.2 Å². The van der Waals surface area contributed by atoms with Gasteiger partial charge in [-0.1, -0.05) is 36.4 Å². The normalized spacial score (nSPS) is 11.4. The maximum atomic E-state index is 12.1. The molecule has 0 saturated carbocycles. The molecule has 0 amide bonds. The summed E-state index contributed by atoms with van der Waals surface area (Å²) in [4.78, 5) is 12.1. The Balaban J connectivity index is 1.89. The molecule has 0 aliphatic carbocycles. The van der Waals surface area contributed by atoms with E-state index in [9.17, 15) is 4.79 Å². The van der Waals surface area contributed by atoms with Crippen LogP contribution in [-0.2, 0) is 20.9 Å². The fourth-order valence-corrected chi connectivity index (χ4v) is 3.59. The van der Waals surface area contributed by atoms with Gasteiger partial charge in [0.25, 0.3) is 0 Å². The largest absolute Gasteiger partial charge is 0.487 e. The van der Waals surface area contributed by atoms with Crippen molar-refractivity contribution in [3.05, 3.63) is 70.8 Å². The van der Waals surface area contributed by atoms with Crippen molar-refractivity contribution in [3.63, 3.8) is 0 Å². The summed E-state index contributed by atoms with van der Waals surface area (Å²) < 4.78 is 17.6. The number of esters is 1. The molecule has 27 heavy (non-hydrogen) atoms. The average Bonchev–Trinajstić information content (AvgIpc) is 3.18. The van der Waals surface area contributed by atoms with Gasteiger partial charge in [0, 0.05) is 5.39 Å². The lowest BCUT2D eigenvalue weighted by Gasteiger charge is -2.10. The molecule has 1 heterocycles. The molecule has 0 spiro atoms. The monoisotopic (exact) mass is 382 g/mol. The van der Waals surface area contributed by atoms with Crippen molar-refractivity contribution in [2.24, 2.45) is 0 Å². The van der Waals surface area contributed by atoms with E-state index in [0.29, 0.717) is 19.8 Å². The Labute approximate surface area is 163 Å². The third-order valence-electron chi connectivity index (χ3n) is 3.91. The Bertz CT molecular complexity index is 928. The Morgan fingerprint density at radius 3 is 2.52 bits per heavy atom. The summed E-state index contributed by atoms with van der Waals surface area (Å²) in [7, 11) is 0. The standard InChI is InChI=1S/C22H22O4S/c1-3-24-20(22(23)25-4-2)14-17-10-11-19(21-18(17)12-13-27-21)26-15-16-8-6-5-7-9-16/h5-14H,3-4,15H2,1-2H3. The minimum Gasteiger partial charge on any atom is -0.487 e. The first-order valence-electron chi connectivity index (χ1n) is 8.91. The fraction of sp³-hybridized carbons (Fsp3) is 0.227. The van der Waals surface area contributed by atoms with Gasteiger partial charge in [-0.15, -0.1) is 11.3 Å². The molecule has 1 aromatic heterocycles. The van der Waals surface area contributed by atoms with Crippen molar-refractivity contribution in [1.82, 2.24) is 0 Å². The smallest absolute Gasteiger partial charge is 0.373 e. The summed E-state index contributed by atoms with van der Waals surface area (Å²) in [5.74, 6) is 0.590. The Hall–Kier alpha value is -2.79. The predicted octanol–water partition coefficient (Wildman–Crippen LogP) is 5.42. The van der Waals surface area contributed by atoms with Gasteiger partial charge in [0.15, 0.2) is 0 Å². The van der Waals surface area contributed by atoms with Crippen molar-refractivity contribution in [3.8, 4) is 5.75 Å². The Morgan fingerprint density at radius 2 is 1.78 bits per heavy atom. The van der Waals surface area contributed by atoms with Crippen LogP contribution in [0.25, 0.3) is 16.2 Å². The van der Waals surface area contributed by atoms with E-state index in [2.05, 4.69) is 0 Å². The molecule has 0 radical (unpaired) electrons. The molecule has 0 aliphatic heterocycles. The van der Waals surface area contributed by atoms with Crippen LogP contribution >= 0.6 is 11.3 Å². The molecule has 0 saturated heterocycles. The zero-order valence-electron chi connectivity index (χ0n) is 15.4. The second-order valence-electron chi connectivity index (χ2n) is 5.75. The van der Waals surface area contributed by atoms with E-state index in [4.69, 9.17) is 14.2 Å². The van der Waals surface area contributed by atoms with Gasteiger partial charge in [-0.05, 0) is 48.6 Å². The van der Waals surface area contributed by atoms with E-state index >= 15 is 0 Å². The summed E-state index contributed by atoms with van der Waals surface area (Å²) in [5, 5.41) is 3.04. The maximum absolute atomic E-state index is 12.1. The molecule has 0 unspecified atom stereocenters. The van der Waals surface area contributed by atoms with Crippen LogP contribution in [0.5, 0.6) is 5.75 Å². The number of carbonyl (C=O) groups excluding carboxylic acids is 1. The molecule has 3 aromatic rings. The van der Waals surface area contributed by atoms with E-state index < -0.39 is 5.97 Å². The number of carbonyl (C=O) groups is 1. The van der Waals surface area contributed by atoms with E-state index in [-0.39, 0.29) is 5.76 Å². The van der Waals surface area contributed by atoms with E-state index in [1.54, 1.807) is 24.3 Å². The number of benzene rings is 2. The number of rotatable bonds is 8. The lowest BCUT2D eigenvalue weighted by Crippen LogP contribution is -2.10. The average molecular weight is 382 g/mol. The van der Waals surface area contributed by atoms with E-state index in [1.165, 1.54) is 0 Å². The third kappa shape index (κ3) is 4.68. The first-order valence-corrected chi connectivity index (χ1v) is 9.79. The van der Waals surface area contributed by atoms with Crippen LogP contribution in [0.4, 0.5) is 0 Å². The molecule has 0 bridgehead atoms. The molecule has 0 atom stereocenters. The molecule has 140 valence electrons. The number of thiophene rings is 1. The van der Waals surface area contributed by atoms with Gasteiger partial charge >= 0.3 is 5.97 Å². The van der Waals surface area contributed by atoms with Crippen LogP contribution in [0, 0.1) is 0 Å². The highest BCUT2D eigenvalue weighted by Crippen LogP contribution is 2.34. The van der Waals surface area contributed by atoms with Crippen LogP contribution in [0.1, 0.15) is 25.0 Å². The lowest BCUT2D eigenvalue weighted by molar-refractivity contribution is -0.142. The van der Waals surface area contributed by atoms with Gasteiger partial charge in [0.2, 0.25) is 5.76 Å². The van der Waals surface area contributed by atoms with Crippen molar-refractivity contribution >= 4 is 33.5 Å². The van der Waals surface area contributed by atoms with Gasteiger partial charge < -0.3 is 14.2 Å². The maximum Gasteiger partial charge on any atom is 0.373 e. The van der Waals surface area contributed by atoms with Crippen LogP contribution in [0.2, 0.25) is 0 Å². The van der Waals surface area contributed by atoms with E-state index in [1.807, 2.05) is 60.8 Å². The van der Waals surface area contributed by atoms with Crippen molar-refractivity contribution in [2.45, 2.75) is 20.5 Å². The summed E-state index contributed by atoms with van der Waals surface area (Å²) in [6, 6.07) is 16.0. The Kier molecular flexibility index (Phi) is 6.49. The first-order chi connectivity index (χ1) is 13.2. The molecule has 4 nitrogen and oxygen atoms in total. The number of hydrogen-bond acceptors (Lipinski definition) is 5. The van der Waals surface area contributed by atoms with Crippen molar-refractivity contribution in [1.29, 1.82) is 0 Å². The third-order valence-corrected chi connectivity index (χ3v) is 4.84. The minimum absolute atomic E-state index is 0.213. The van der Waals surface area contributed by atoms with E-state index in [0.717, 1.165) is 27.0 Å². The zero-order chi connectivity index (χ0) is 19.1. The molecule has 5 heteroatoms. The molecule has 0 aliphatic rings. The predicted molar refractivity (Wildman–Crippen MR) is 109 cm³/mol. The van der Waals surface area contributed by atoms with Crippen LogP contribution in [0.15, 0.2) is 59.7 Å². The molecule has 2 aromatic carbocycles. The van der Waals surface area contributed by atoms with Crippen molar-refractivity contribution < 1.29 is 19.0 Å². The molecule has 0 fully saturated rings. The van der Waals surface area contributed by atoms with Crippen LogP contribution in [0.3, 0.4) is 0 Å². The molecule has 3 rings (SSSR count). The summed E-state index contributed by atoms with van der Waals surface area (Å²) in [6.07, 6.45) is 1.73. The fourth-order valence-electron chi connectivity index (χ4n) is 2.69. The van der Waals surface area contributed by atoms with Gasteiger partial charge in [-0.3, -0.25) is 0 Å². The Morgan fingerprint density at radius 1 is 1.00 bits per heavy atom. The highest BCUT2D eigenvalue weighted by molar-refractivity contribution is 7.17. The minimum atomic E-state index is -0.452. The van der Waals surface area contributed by atoms with Gasteiger partial charge in [0.1, 0.15) is 12.4 Å². The summed E-state index contributed by atoms with van der Waals surface area (Å²) in [5.41, 5.74) is 2.02. The first kappa shape index (κ1) is 19.0. The molecule has 0 N–H and O–H groups in total. The van der Waals surface area contributed by atoms with Gasteiger partial charge in [-0.25, -0.2) is 4.79 Å². The topological polar surface area (TPSA) is 44.8 Å². The quantitative estimate of drug-likeness (QED) is 0.296. The van der Waals surface area contributed by atoms with Crippen molar-refractivity contribution in [2.75, 3.05) is 13.2 Å². The number of ether oxygens (including phenoxy) is 3. The summed E-state index contributed by atoms with van der Waals surface area (Å²) in [6.45, 7) is 4.83. The lowest BCUT2D eigenvalue weighted by atomic mass is 10.1. The molecular formula is C22H22O4S. The second-order valence-corrected chi connectivity index (χ2v) is 6.67. The zero-order valence-corrected chi connectivity index (χ0v) is 16.3. The highest BCUT2D eigenvalue weighted by atomic mass is 32.1. The van der Waals surface area contributed by atoms with Crippen LogP contribution < -0.4 is 4.74 Å². The second kappa shape index (κ2) is 9.24. The number of hydrogen-bond donors (Lipinski definition) is 0. The number of fused-ring (bicyclic) bond motifs is 1. The van der Waals surface area contributed by atoms with Gasteiger partial charge in [0.05, 0.1) is 17.9 Å². The SMILES string of the molecule is CCOC(=O)C(=Cc1ccc(OCc2ccccc2)c2sccc12)OCC. The highest BCUT2D eigenvalue weighted by Gasteiger charge is 2.14. The summed E-state index contributed by atoms with van der Waals surface area (Å²) >= 11 is 1.61. The van der Waals surface area contributed by atoms with Gasteiger partial charge in [-0.2, -0.15) is 0 Å². The molecular weight excluding hydrogens is 360 g/mol.